The summed E-state index contributed by atoms with van der Waals surface area (Å²) in [6.45, 7) is 0.678. The molecule has 0 saturated heterocycles. The Morgan fingerprint density at radius 3 is 1.40 bits per heavy atom. The molecule has 0 spiro atoms. The number of nitrogens with two attached hydrogens (primary N) is 1. The number of aryl methyl sites for hydroxylation is 2. The molecule has 2 N–H and O–H groups in total. The number of thiophene rings is 4. The SMILES string of the molecule is C.C.Cl.NCc1cccs1.O=Cc1cccs1.c1csc(CCCc2cccs2)c1. The summed E-state index contributed by atoms with van der Waals surface area (Å²) in [6.07, 6.45) is 4.59. The lowest BCUT2D eigenvalue weighted by atomic mass is 10.2. The highest BCUT2D eigenvalue weighted by Gasteiger charge is 1.96. The van der Waals surface area contributed by atoms with Crippen LogP contribution in [-0.2, 0) is 19.4 Å². The van der Waals surface area contributed by atoms with Crippen molar-refractivity contribution in [3.05, 3.63) is 89.6 Å². The minimum atomic E-state index is 0. The average molecular weight is 502 g/mol. The van der Waals surface area contributed by atoms with Crippen molar-refractivity contribution in [3.8, 4) is 0 Å². The van der Waals surface area contributed by atoms with Crippen LogP contribution in [0.3, 0.4) is 0 Å². The van der Waals surface area contributed by atoms with Crippen LogP contribution in [0.2, 0.25) is 0 Å². The van der Waals surface area contributed by atoms with E-state index in [1.807, 2.05) is 51.6 Å². The highest BCUT2D eigenvalue weighted by atomic mass is 35.5. The summed E-state index contributed by atoms with van der Waals surface area (Å²) >= 11 is 6.88. The molecule has 0 saturated carbocycles. The first-order valence-electron chi connectivity index (χ1n) is 8.57. The van der Waals surface area contributed by atoms with Gasteiger partial charge in [0.2, 0.25) is 0 Å². The Labute approximate surface area is 203 Å². The first-order chi connectivity index (χ1) is 13.3. The molecule has 166 valence electrons. The average Bonchev–Trinajstić information content (AvgIpc) is 3.52. The van der Waals surface area contributed by atoms with Crippen LogP contribution < -0.4 is 5.73 Å². The Kier molecular flexibility index (Phi) is 20.3. The van der Waals surface area contributed by atoms with Crippen LogP contribution in [0, 0.1) is 0 Å². The fourth-order valence-corrected chi connectivity index (χ4v) is 4.75. The topological polar surface area (TPSA) is 43.1 Å². The molecule has 0 fully saturated rings. The van der Waals surface area contributed by atoms with Gasteiger partial charge in [-0.1, -0.05) is 39.1 Å². The molecule has 4 heterocycles. The monoisotopic (exact) mass is 501 g/mol. The molecule has 0 amide bonds. The van der Waals surface area contributed by atoms with Gasteiger partial charge in [-0.2, -0.15) is 0 Å². The zero-order chi connectivity index (χ0) is 19.2. The maximum absolute atomic E-state index is 9.88. The van der Waals surface area contributed by atoms with E-state index in [0.29, 0.717) is 6.54 Å². The summed E-state index contributed by atoms with van der Waals surface area (Å²) in [5.41, 5.74) is 5.30. The Morgan fingerprint density at radius 1 is 0.700 bits per heavy atom. The normalized spacial score (nSPS) is 8.70. The molecule has 4 aromatic heterocycles. The van der Waals surface area contributed by atoms with Crippen LogP contribution in [0.5, 0.6) is 0 Å². The van der Waals surface area contributed by atoms with E-state index in [9.17, 15) is 4.79 Å². The number of carbonyl (C=O) groups excluding carboxylic acids is 1. The van der Waals surface area contributed by atoms with Crippen molar-refractivity contribution in [2.24, 2.45) is 5.73 Å². The van der Waals surface area contributed by atoms with Gasteiger partial charge in [0.15, 0.2) is 6.29 Å². The summed E-state index contributed by atoms with van der Waals surface area (Å²) in [4.78, 5) is 14.9. The van der Waals surface area contributed by atoms with Crippen LogP contribution in [0.1, 0.15) is 45.6 Å². The van der Waals surface area contributed by atoms with Crippen LogP contribution in [0.15, 0.2) is 70.1 Å². The van der Waals surface area contributed by atoms with Gasteiger partial charge in [0.05, 0.1) is 4.88 Å². The third-order valence-corrected chi connectivity index (χ3v) is 7.02. The van der Waals surface area contributed by atoms with E-state index < -0.39 is 0 Å². The zero-order valence-corrected chi connectivity index (χ0v) is 19.4. The van der Waals surface area contributed by atoms with Crippen molar-refractivity contribution in [2.75, 3.05) is 0 Å². The predicted octanol–water partition coefficient (Wildman–Crippen LogP) is 8.45. The van der Waals surface area contributed by atoms with Gasteiger partial charge in [0.25, 0.3) is 0 Å². The van der Waals surface area contributed by atoms with Gasteiger partial charge in [0.1, 0.15) is 0 Å². The smallest absolute Gasteiger partial charge is 0.159 e. The molecule has 0 aliphatic heterocycles. The van der Waals surface area contributed by atoms with E-state index >= 15 is 0 Å². The number of hydrogen-bond acceptors (Lipinski definition) is 6. The van der Waals surface area contributed by atoms with Gasteiger partial charge in [0, 0.05) is 21.2 Å². The quantitative estimate of drug-likeness (QED) is 0.269. The van der Waals surface area contributed by atoms with Crippen molar-refractivity contribution in [2.45, 2.75) is 40.7 Å². The summed E-state index contributed by atoms with van der Waals surface area (Å²) in [5, 5.41) is 8.22. The molecule has 4 aromatic rings. The standard InChI is InChI=1S/C11H12S2.C5H7NS.C5H4OS.2CH4.ClH/c1(4-10-6-2-8-12-10)5-11-7-3-9-13-11;2*6-4-5-2-1-3-7-5;;;/h2-3,6-9H,1,4-5H2;1-3H,4,6H2;1-4H;2*1H4;1H. The largest absolute Gasteiger partial charge is 0.326 e. The predicted molar refractivity (Wildman–Crippen MR) is 143 cm³/mol. The number of halogens is 1. The second-order valence-corrected chi connectivity index (χ2v) is 9.51. The molecule has 7 heteroatoms. The third kappa shape index (κ3) is 13.1. The Bertz CT molecular complexity index is 777. The first kappa shape index (κ1) is 30.9. The highest BCUT2D eigenvalue weighted by Crippen LogP contribution is 2.15. The van der Waals surface area contributed by atoms with Crippen molar-refractivity contribution in [1.82, 2.24) is 0 Å². The minimum absolute atomic E-state index is 0. The molecule has 0 aromatic carbocycles. The van der Waals surface area contributed by atoms with Crippen LogP contribution >= 0.6 is 57.8 Å². The second kappa shape index (κ2) is 19.7. The lowest BCUT2D eigenvalue weighted by molar-refractivity contribution is 0.112. The molecule has 0 radical (unpaired) electrons. The summed E-state index contributed by atoms with van der Waals surface area (Å²) in [5.74, 6) is 0. The highest BCUT2D eigenvalue weighted by molar-refractivity contribution is 7.11. The molecule has 0 aliphatic carbocycles. The van der Waals surface area contributed by atoms with Crippen molar-refractivity contribution in [1.29, 1.82) is 0 Å². The lowest BCUT2D eigenvalue weighted by Crippen LogP contribution is -1.90. The lowest BCUT2D eigenvalue weighted by Gasteiger charge is -1.95. The molecular weight excluding hydrogens is 470 g/mol. The molecule has 0 unspecified atom stereocenters. The van der Waals surface area contributed by atoms with Gasteiger partial charge in [-0.25, -0.2) is 0 Å². The zero-order valence-electron chi connectivity index (χ0n) is 15.4. The van der Waals surface area contributed by atoms with Crippen LogP contribution in [0.25, 0.3) is 0 Å². The fraction of sp³-hybridized carbons (Fsp3) is 0.261. The summed E-state index contributed by atoms with van der Waals surface area (Å²) in [7, 11) is 0. The van der Waals surface area contributed by atoms with E-state index in [0.717, 1.165) is 11.2 Å². The van der Waals surface area contributed by atoms with Crippen molar-refractivity contribution < 1.29 is 4.79 Å². The van der Waals surface area contributed by atoms with Crippen LogP contribution in [0.4, 0.5) is 0 Å². The summed E-state index contributed by atoms with van der Waals surface area (Å²) < 4.78 is 0. The molecule has 30 heavy (non-hydrogen) atoms. The van der Waals surface area contributed by atoms with Crippen molar-refractivity contribution in [3.63, 3.8) is 0 Å². The van der Waals surface area contributed by atoms with Gasteiger partial charge < -0.3 is 5.73 Å². The van der Waals surface area contributed by atoms with Gasteiger partial charge in [-0.15, -0.1) is 57.8 Å². The van der Waals surface area contributed by atoms with Crippen LogP contribution in [-0.4, -0.2) is 6.29 Å². The number of carbonyl (C=O) groups is 1. The molecule has 2 nitrogen and oxygen atoms in total. The van der Waals surface area contributed by atoms with E-state index in [-0.39, 0.29) is 27.3 Å². The fourth-order valence-electron chi connectivity index (χ4n) is 2.13. The number of aldehydes is 1. The molecule has 0 atom stereocenters. The maximum atomic E-state index is 9.88. The molecule has 4 rings (SSSR count). The Balaban J connectivity index is 0. The molecule has 0 aliphatic rings. The number of hydrogen-bond donors (Lipinski definition) is 1. The maximum Gasteiger partial charge on any atom is 0.159 e. The van der Waals surface area contributed by atoms with E-state index in [2.05, 4.69) is 35.0 Å². The molecular formula is C23H32ClNOS4. The molecule has 0 bridgehead atoms. The van der Waals surface area contributed by atoms with E-state index in [1.54, 1.807) is 17.4 Å². The first-order valence-corrected chi connectivity index (χ1v) is 12.1. The summed E-state index contributed by atoms with van der Waals surface area (Å²) in [6, 6.07) is 16.4. The third-order valence-electron chi connectivity index (χ3n) is 3.45. The van der Waals surface area contributed by atoms with Gasteiger partial charge in [-0.3, -0.25) is 4.79 Å². The van der Waals surface area contributed by atoms with E-state index in [4.69, 9.17) is 5.73 Å². The van der Waals surface area contributed by atoms with E-state index in [1.165, 1.54) is 45.2 Å². The Morgan fingerprint density at radius 2 is 1.13 bits per heavy atom. The van der Waals surface area contributed by atoms with Crippen molar-refractivity contribution >= 4 is 64.0 Å². The second-order valence-electron chi connectivity index (χ2n) is 5.43. The van der Waals surface area contributed by atoms with Gasteiger partial charge in [-0.05, 0) is 65.0 Å². The van der Waals surface area contributed by atoms with Gasteiger partial charge >= 0.3 is 0 Å². The Hall–Kier alpha value is -1.28. The minimum Gasteiger partial charge on any atom is -0.326 e. The number of rotatable bonds is 6.